The summed E-state index contributed by atoms with van der Waals surface area (Å²) >= 11 is 12.1. The maximum absolute atomic E-state index is 12.9. The molecule has 32 heavy (non-hydrogen) atoms. The molecule has 4 rings (SSSR count). The van der Waals surface area contributed by atoms with E-state index >= 15 is 0 Å². The van der Waals surface area contributed by atoms with Crippen molar-refractivity contribution in [1.82, 2.24) is 0 Å². The molecule has 5 atom stereocenters. The first kappa shape index (κ1) is 22.7. The third-order valence-corrected chi connectivity index (χ3v) is 6.05. The predicted octanol–water partition coefficient (Wildman–Crippen LogP) is 4.00. The van der Waals surface area contributed by atoms with Crippen molar-refractivity contribution in [2.45, 2.75) is 30.7 Å². The van der Waals surface area contributed by atoms with Gasteiger partial charge < -0.3 is 24.8 Å². The van der Waals surface area contributed by atoms with Crippen molar-refractivity contribution in [2.75, 3.05) is 0 Å². The van der Waals surface area contributed by atoms with Gasteiger partial charge in [-0.25, -0.2) is 4.79 Å². The molecule has 6 nitrogen and oxygen atoms in total. The molecule has 0 aromatic heterocycles. The summed E-state index contributed by atoms with van der Waals surface area (Å²) in [6, 6.07) is 21.1. The number of halogens is 2. The van der Waals surface area contributed by atoms with E-state index in [1.54, 1.807) is 30.3 Å². The third kappa shape index (κ3) is 4.66. The fraction of sp³-hybridized carbons (Fsp3) is 0.208. The van der Waals surface area contributed by atoms with E-state index in [0.717, 1.165) is 11.1 Å². The van der Waals surface area contributed by atoms with Gasteiger partial charge in [-0.15, -0.1) is 0 Å². The molecule has 1 aliphatic heterocycles. The Morgan fingerprint density at radius 3 is 2.09 bits per heavy atom. The molecule has 0 saturated carbocycles. The van der Waals surface area contributed by atoms with Crippen LogP contribution in [0.5, 0.6) is 0 Å². The average Bonchev–Trinajstić information content (AvgIpc) is 3.07. The molecule has 0 spiro atoms. The van der Waals surface area contributed by atoms with Crippen molar-refractivity contribution in [2.24, 2.45) is 0 Å². The van der Waals surface area contributed by atoms with E-state index in [4.69, 9.17) is 32.7 Å². The number of hydrogen-bond acceptors (Lipinski definition) is 6. The van der Waals surface area contributed by atoms with Crippen molar-refractivity contribution < 1.29 is 29.6 Å². The summed E-state index contributed by atoms with van der Waals surface area (Å²) in [6.07, 6.45) is -7.03. The molecule has 8 heteroatoms. The van der Waals surface area contributed by atoms with E-state index < -0.39 is 36.7 Å². The van der Waals surface area contributed by atoms with Crippen molar-refractivity contribution in [3.05, 3.63) is 94.0 Å². The van der Waals surface area contributed by atoms with Crippen molar-refractivity contribution in [1.29, 1.82) is 0 Å². The Morgan fingerprint density at radius 2 is 1.50 bits per heavy atom. The molecule has 0 radical (unpaired) electrons. The minimum Gasteiger partial charge on any atom is -0.451 e. The van der Waals surface area contributed by atoms with Crippen LogP contribution in [0.1, 0.15) is 22.0 Å². The largest absolute Gasteiger partial charge is 0.451 e. The van der Waals surface area contributed by atoms with Gasteiger partial charge in [-0.3, -0.25) is 0 Å². The Kier molecular flexibility index (Phi) is 6.81. The monoisotopic (exact) mass is 474 g/mol. The SMILES string of the molecule is O=C(O[C@H](c1ccc(Cl)c(Cl)c1)[C@H]1OC(O)[C@H](O)[C@@H]1O)c1ccc(-c2ccccc2)cc1. The summed E-state index contributed by atoms with van der Waals surface area (Å²) in [5.74, 6) is -0.674. The van der Waals surface area contributed by atoms with Crippen LogP contribution in [-0.2, 0) is 9.47 Å². The highest BCUT2D eigenvalue weighted by Crippen LogP contribution is 2.36. The molecular formula is C24H20Cl2O6. The van der Waals surface area contributed by atoms with E-state index in [1.165, 1.54) is 12.1 Å². The quantitative estimate of drug-likeness (QED) is 0.483. The molecule has 3 N–H and O–H groups in total. The molecule has 3 aromatic rings. The van der Waals surface area contributed by atoms with Crippen LogP contribution in [0.15, 0.2) is 72.8 Å². The van der Waals surface area contributed by atoms with Gasteiger partial charge in [0, 0.05) is 0 Å². The van der Waals surface area contributed by atoms with Crippen LogP contribution >= 0.6 is 23.2 Å². The molecule has 0 amide bonds. The predicted molar refractivity (Wildman–Crippen MR) is 119 cm³/mol. The zero-order valence-electron chi connectivity index (χ0n) is 16.6. The first-order valence-electron chi connectivity index (χ1n) is 9.86. The molecule has 1 saturated heterocycles. The highest BCUT2D eigenvalue weighted by Gasteiger charge is 2.47. The highest BCUT2D eigenvalue weighted by atomic mass is 35.5. The van der Waals surface area contributed by atoms with Crippen LogP contribution in [-0.4, -0.2) is 45.9 Å². The fourth-order valence-corrected chi connectivity index (χ4v) is 3.87. The van der Waals surface area contributed by atoms with Crippen LogP contribution in [0.4, 0.5) is 0 Å². The Hall–Kier alpha value is -2.45. The van der Waals surface area contributed by atoms with Gasteiger partial charge in [0.1, 0.15) is 18.3 Å². The second-order valence-electron chi connectivity index (χ2n) is 7.42. The standard InChI is InChI=1S/C24H20Cl2O6/c25-17-11-10-16(12-18(17)26)21(22-19(27)20(28)24(30)32-22)31-23(29)15-8-6-14(7-9-15)13-4-2-1-3-5-13/h1-12,19-22,24,27-28,30H/t19-,20+,21+,22-,24?/m0/s1. The van der Waals surface area contributed by atoms with Gasteiger partial charge in [-0.05, 0) is 41.0 Å². The van der Waals surface area contributed by atoms with Crippen molar-refractivity contribution in [3.8, 4) is 11.1 Å². The number of aliphatic hydroxyl groups is 3. The molecule has 0 aliphatic carbocycles. The summed E-state index contributed by atoms with van der Waals surface area (Å²) < 4.78 is 11.0. The second-order valence-corrected chi connectivity index (χ2v) is 8.23. The molecule has 0 bridgehead atoms. The maximum atomic E-state index is 12.9. The zero-order valence-corrected chi connectivity index (χ0v) is 18.1. The molecule has 1 fully saturated rings. The highest BCUT2D eigenvalue weighted by molar-refractivity contribution is 6.42. The zero-order chi connectivity index (χ0) is 22.8. The lowest BCUT2D eigenvalue weighted by Crippen LogP contribution is -2.36. The number of carbonyl (C=O) groups is 1. The first-order chi connectivity index (χ1) is 15.3. The fourth-order valence-electron chi connectivity index (χ4n) is 3.56. The molecule has 1 heterocycles. The first-order valence-corrected chi connectivity index (χ1v) is 10.6. The lowest BCUT2D eigenvalue weighted by atomic mass is 9.99. The van der Waals surface area contributed by atoms with E-state index in [1.807, 2.05) is 30.3 Å². The molecule has 1 unspecified atom stereocenters. The van der Waals surface area contributed by atoms with Gasteiger partial charge in [0.05, 0.1) is 15.6 Å². The smallest absolute Gasteiger partial charge is 0.338 e. The van der Waals surface area contributed by atoms with Crippen LogP contribution in [0, 0.1) is 0 Å². The Morgan fingerprint density at radius 1 is 0.844 bits per heavy atom. The summed E-state index contributed by atoms with van der Waals surface area (Å²) in [5, 5.41) is 30.6. The summed E-state index contributed by atoms with van der Waals surface area (Å²) in [5.41, 5.74) is 2.61. The van der Waals surface area contributed by atoms with Crippen LogP contribution < -0.4 is 0 Å². The molecule has 166 valence electrons. The molecule has 1 aliphatic rings. The number of hydrogen-bond donors (Lipinski definition) is 3. The number of aliphatic hydroxyl groups excluding tert-OH is 3. The summed E-state index contributed by atoms with van der Waals surface area (Å²) in [6.45, 7) is 0. The van der Waals surface area contributed by atoms with Crippen molar-refractivity contribution >= 4 is 29.2 Å². The second kappa shape index (κ2) is 9.58. The summed E-state index contributed by atoms with van der Waals surface area (Å²) in [4.78, 5) is 12.9. The van der Waals surface area contributed by atoms with Gasteiger partial charge in [0.15, 0.2) is 12.4 Å². The molecular weight excluding hydrogens is 455 g/mol. The number of benzene rings is 3. The normalized spacial score (nSPS) is 23.7. The third-order valence-electron chi connectivity index (χ3n) is 5.31. The number of esters is 1. The number of carbonyl (C=O) groups excluding carboxylic acids is 1. The van der Waals surface area contributed by atoms with E-state index in [-0.39, 0.29) is 10.6 Å². The Bertz CT molecular complexity index is 1090. The van der Waals surface area contributed by atoms with Crippen LogP contribution in [0.3, 0.4) is 0 Å². The van der Waals surface area contributed by atoms with Gasteiger partial charge in [0.2, 0.25) is 0 Å². The Balaban J connectivity index is 1.60. The lowest BCUT2D eigenvalue weighted by Gasteiger charge is -2.26. The number of rotatable bonds is 5. The topological polar surface area (TPSA) is 96.2 Å². The van der Waals surface area contributed by atoms with E-state index in [2.05, 4.69) is 0 Å². The van der Waals surface area contributed by atoms with Crippen LogP contribution in [0.25, 0.3) is 11.1 Å². The van der Waals surface area contributed by atoms with E-state index in [9.17, 15) is 20.1 Å². The molecule has 3 aromatic carbocycles. The number of ether oxygens (including phenoxy) is 2. The lowest BCUT2D eigenvalue weighted by molar-refractivity contribution is -0.148. The average molecular weight is 475 g/mol. The van der Waals surface area contributed by atoms with Gasteiger partial charge in [-0.2, -0.15) is 0 Å². The van der Waals surface area contributed by atoms with Gasteiger partial charge in [-0.1, -0.05) is 71.7 Å². The maximum Gasteiger partial charge on any atom is 0.338 e. The summed E-state index contributed by atoms with van der Waals surface area (Å²) in [7, 11) is 0. The van der Waals surface area contributed by atoms with Crippen molar-refractivity contribution in [3.63, 3.8) is 0 Å². The van der Waals surface area contributed by atoms with Gasteiger partial charge >= 0.3 is 5.97 Å². The van der Waals surface area contributed by atoms with E-state index in [0.29, 0.717) is 10.6 Å². The minimum atomic E-state index is -1.62. The minimum absolute atomic E-state index is 0.214. The van der Waals surface area contributed by atoms with Gasteiger partial charge in [0.25, 0.3) is 0 Å². The van der Waals surface area contributed by atoms with Crippen LogP contribution in [0.2, 0.25) is 10.0 Å². The Labute approximate surface area is 194 Å².